The first-order chi connectivity index (χ1) is 14.2. The molecule has 2 rings (SSSR count). The Balaban J connectivity index is 2.17. The van der Waals surface area contributed by atoms with E-state index >= 15 is 0 Å². The molecular formula is C23H27Cl3O4. The second-order valence-electron chi connectivity index (χ2n) is 7.46. The Bertz CT molecular complexity index is 868. The number of carbonyl (C=O) groups excluding carboxylic acids is 1. The summed E-state index contributed by atoms with van der Waals surface area (Å²) in [6, 6.07) is 11.5. The molecule has 0 aliphatic heterocycles. The Kier molecular flexibility index (Phi) is 9.14. The molecule has 0 aromatic heterocycles. The van der Waals surface area contributed by atoms with Crippen LogP contribution in [0.2, 0.25) is 10.0 Å². The van der Waals surface area contributed by atoms with Crippen molar-refractivity contribution in [3.05, 3.63) is 57.6 Å². The zero-order valence-corrected chi connectivity index (χ0v) is 19.9. The Morgan fingerprint density at radius 1 is 1.00 bits per heavy atom. The van der Waals surface area contributed by atoms with Gasteiger partial charge in [-0.15, -0.1) is 11.6 Å². The van der Waals surface area contributed by atoms with Gasteiger partial charge in [0.25, 0.3) is 0 Å². The lowest BCUT2D eigenvalue weighted by atomic mass is 9.78. The number of hydrogen-bond acceptors (Lipinski definition) is 4. The highest BCUT2D eigenvalue weighted by molar-refractivity contribution is 6.32. The summed E-state index contributed by atoms with van der Waals surface area (Å²) in [5.74, 6) is 0.916. The van der Waals surface area contributed by atoms with Crippen molar-refractivity contribution in [2.75, 3.05) is 19.1 Å². The second kappa shape index (κ2) is 11.1. The van der Waals surface area contributed by atoms with Crippen molar-refractivity contribution in [1.29, 1.82) is 0 Å². The SMILES string of the molecule is CCCOc1ccc(C(C)(C)c2ccc(OCC(CCl)OC(C)=O)c(Cl)c2)cc1Cl. The summed E-state index contributed by atoms with van der Waals surface area (Å²) in [6.45, 7) is 8.33. The number of benzene rings is 2. The monoisotopic (exact) mass is 472 g/mol. The molecule has 0 fully saturated rings. The standard InChI is InChI=1S/C23H27Cl3O4/c1-5-10-28-21-8-6-16(11-19(21)25)23(3,4)17-7-9-22(20(26)12-17)29-14-18(13-24)30-15(2)27/h6-9,11-12,18H,5,10,13-14H2,1-4H3. The van der Waals surface area contributed by atoms with Gasteiger partial charge in [0.15, 0.2) is 0 Å². The second-order valence-corrected chi connectivity index (χ2v) is 8.58. The maximum Gasteiger partial charge on any atom is 0.303 e. The van der Waals surface area contributed by atoms with Crippen LogP contribution in [-0.2, 0) is 14.9 Å². The highest BCUT2D eigenvalue weighted by Crippen LogP contribution is 2.38. The molecule has 1 atom stereocenters. The summed E-state index contributed by atoms with van der Waals surface area (Å²) in [4.78, 5) is 11.1. The third-order valence-electron chi connectivity index (χ3n) is 4.70. The summed E-state index contributed by atoms with van der Waals surface area (Å²) < 4.78 is 16.4. The highest BCUT2D eigenvalue weighted by Gasteiger charge is 2.25. The lowest BCUT2D eigenvalue weighted by Crippen LogP contribution is -2.25. The Labute approximate surface area is 193 Å². The normalized spacial score (nSPS) is 12.4. The number of ether oxygens (including phenoxy) is 3. The number of alkyl halides is 1. The first-order valence-corrected chi connectivity index (χ1v) is 11.1. The lowest BCUT2D eigenvalue weighted by molar-refractivity contribution is -0.146. The molecule has 0 saturated heterocycles. The van der Waals surface area contributed by atoms with Gasteiger partial charge < -0.3 is 14.2 Å². The molecule has 0 bridgehead atoms. The zero-order chi connectivity index (χ0) is 22.3. The van der Waals surface area contributed by atoms with Gasteiger partial charge in [0.1, 0.15) is 24.2 Å². The molecule has 2 aromatic carbocycles. The van der Waals surface area contributed by atoms with E-state index in [-0.39, 0.29) is 17.9 Å². The van der Waals surface area contributed by atoms with Gasteiger partial charge in [-0.3, -0.25) is 4.79 Å². The zero-order valence-electron chi connectivity index (χ0n) is 17.6. The molecule has 30 heavy (non-hydrogen) atoms. The average molecular weight is 474 g/mol. The van der Waals surface area contributed by atoms with E-state index in [1.54, 1.807) is 6.07 Å². The fourth-order valence-electron chi connectivity index (χ4n) is 2.92. The molecule has 4 nitrogen and oxygen atoms in total. The van der Waals surface area contributed by atoms with E-state index in [0.717, 1.165) is 17.5 Å². The molecule has 2 aromatic rings. The van der Waals surface area contributed by atoms with Crippen LogP contribution in [-0.4, -0.2) is 31.2 Å². The molecular weight excluding hydrogens is 447 g/mol. The Morgan fingerprint density at radius 2 is 1.53 bits per heavy atom. The van der Waals surface area contributed by atoms with Crippen LogP contribution in [0.15, 0.2) is 36.4 Å². The summed E-state index contributed by atoms with van der Waals surface area (Å²) in [5.41, 5.74) is 1.70. The van der Waals surface area contributed by atoms with Crippen LogP contribution >= 0.6 is 34.8 Å². The van der Waals surface area contributed by atoms with Gasteiger partial charge >= 0.3 is 5.97 Å². The summed E-state index contributed by atoms with van der Waals surface area (Å²) in [5, 5.41) is 1.04. The minimum Gasteiger partial charge on any atom is -0.492 e. The maximum atomic E-state index is 11.1. The van der Waals surface area contributed by atoms with E-state index in [4.69, 9.17) is 49.0 Å². The maximum absolute atomic E-state index is 11.1. The van der Waals surface area contributed by atoms with Gasteiger partial charge in [0, 0.05) is 12.3 Å². The predicted molar refractivity (Wildman–Crippen MR) is 123 cm³/mol. The minimum atomic E-state index is -0.535. The van der Waals surface area contributed by atoms with E-state index in [1.165, 1.54) is 6.92 Å². The molecule has 0 radical (unpaired) electrons. The first-order valence-electron chi connectivity index (χ1n) is 9.77. The highest BCUT2D eigenvalue weighted by atomic mass is 35.5. The summed E-state index contributed by atoms with van der Waals surface area (Å²) in [6.07, 6.45) is 0.384. The summed E-state index contributed by atoms with van der Waals surface area (Å²) in [7, 11) is 0. The van der Waals surface area contributed by atoms with Crippen molar-refractivity contribution in [2.45, 2.75) is 45.6 Å². The molecule has 0 aliphatic rings. The molecule has 0 heterocycles. The van der Waals surface area contributed by atoms with Gasteiger partial charge in [-0.2, -0.15) is 0 Å². The van der Waals surface area contributed by atoms with Crippen molar-refractivity contribution in [2.24, 2.45) is 0 Å². The van der Waals surface area contributed by atoms with Gasteiger partial charge in [0.2, 0.25) is 0 Å². The van der Waals surface area contributed by atoms with Crippen molar-refractivity contribution in [3.63, 3.8) is 0 Å². The van der Waals surface area contributed by atoms with Gasteiger partial charge in [0.05, 0.1) is 22.5 Å². The smallest absolute Gasteiger partial charge is 0.303 e. The number of rotatable bonds is 10. The fraction of sp³-hybridized carbons (Fsp3) is 0.435. The molecule has 0 saturated carbocycles. The number of halogens is 3. The van der Waals surface area contributed by atoms with Crippen LogP contribution in [0.4, 0.5) is 0 Å². The van der Waals surface area contributed by atoms with Crippen molar-refractivity contribution in [3.8, 4) is 11.5 Å². The molecule has 1 unspecified atom stereocenters. The fourth-order valence-corrected chi connectivity index (χ4v) is 3.54. The van der Waals surface area contributed by atoms with Crippen LogP contribution in [0.25, 0.3) is 0 Å². The van der Waals surface area contributed by atoms with Crippen molar-refractivity contribution in [1.82, 2.24) is 0 Å². The van der Waals surface area contributed by atoms with E-state index in [2.05, 4.69) is 20.8 Å². The molecule has 0 spiro atoms. The number of hydrogen-bond donors (Lipinski definition) is 0. The third-order valence-corrected chi connectivity index (χ3v) is 5.63. The van der Waals surface area contributed by atoms with Crippen LogP contribution in [0, 0.1) is 0 Å². The van der Waals surface area contributed by atoms with Crippen LogP contribution in [0.3, 0.4) is 0 Å². The topological polar surface area (TPSA) is 44.8 Å². The molecule has 0 N–H and O–H groups in total. The molecule has 0 amide bonds. The van der Waals surface area contributed by atoms with Crippen LogP contribution in [0.5, 0.6) is 11.5 Å². The van der Waals surface area contributed by atoms with Crippen LogP contribution in [0.1, 0.15) is 45.2 Å². The van der Waals surface area contributed by atoms with E-state index in [0.29, 0.717) is 28.2 Å². The van der Waals surface area contributed by atoms with E-state index < -0.39 is 12.1 Å². The molecule has 7 heteroatoms. The average Bonchev–Trinajstić information content (AvgIpc) is 2.70. The lowest BCUT2D eigenvalue weighted by Gasteiger charge is -2.27. The van der Waals surface area contributed by atoms with E-state index in [9.17, 15) is 4.79 Å². The van der Waals surface area contributed by atoms with Crippen LogP contribution < -0.4 is 9.47 Å². The van der Waals surface area contributed by atoms with Crippen molar-refractivity contribution >= 4 is 40.8 Å². The molecule has 164 valence electrons. The number of carbonyl (C=O) groups is 1. The first kappa shape index (κ1) is 24.6. The number of esters is 1. The largest absolute Gasteiger partial charge is 0.492 e. The predicted octanol–water partition coefficient (Wildman–Crippen LogP) is 6.66. The minimum absolute atomic E-state index is 0.125. The van der Waals surface area contributed by atoms with Gasteiger partial charge in [-0.05, 0) is 41.8 Å². The quantitative estimate of drug-likeness (QED) is 0.286. The van der Waals surface area contributed by atoms with Gasteiger partial charge in [-0.1, -0.05) is 56.1 Å². The molecule has 0 aliphatic carbocycles. The Hall–Kier alpha value is -1.62. The third kappa shape index (κ3) is 6.44. The van der Waals surface area contributed by atoms with Gasteiger partial charge in [-0.25, -0.2) is 0 Å². The Morgan fingerprint density at radius 3 is 1.97 bits per heavy atom. The van der Waals surface area contributed by atoms with Crippen molar-refractivity contribution < 1.29 is 19.0 Å². The summed E-state index contributed by atoms with van der Waals surface area (Å²) >= 11 is 18.7. The van der Waals surface area contributed by atoms with E-state index in [1.807, 2.05) is 30.3 Å².